The number of nitrogens with one attached hydrogen (secondary N) is 1. The molecule has 0 radical (unpaired) electrons. The van der Waals surface area contributed by atoms with Crippen molar-refractivity contribution < 1.29 is 8.42 Å². The second-order valence-corrected chi connectivity index (χ2v) is 7.51. The third kappa shape index (κ3) is 2.69. The van der Waals surface area contributed by atoms with Gasteiger partial charge in [-0.05, 0) is 24.6 Å². The molecular weight excluding hydrogens is 342 g/mol. The van der Waals surface area contributed by atoms with Crippen LogP contribution in [0.1, 0.15) is 24.1 Å². The Morgan fingerprint density at radius 3 is 2.80 bits per heavy atom. The number of fused-ring (bicyclic) bond motifs is 1. The van der Waals surface area contributed by atoms with Gasteiger partial charge in [0.15, 0.2) is 9.84 Å². The Hall–Kier alpha value is -3.37. The highest BCUT2D eigenvalue weighted by molar-refractivity contribution is 7.90. The lowest BCUT2D eigenvalue weighted by molar-refractivity contribution is 0.568. The van der Waals surface area contributed by atoms with E-state index in [1.54, 1.807) is 6.92 Å². The van der Waals surface area contributed by atoms with Crippen molar-refractivity contribution in [3.63, 3.8) is 0 Å². The number of allylic oxidation sites excluding steroid dienone is 2. The minimum absolute atomic E-state index is 0.00100. The zero-order chi connectivity index (χ0) is 18.4. The van der Waals surface area contributed by atoms with Crippen LogP contribution in [-0.2, 0) is 9.84 Å². The highest BCUT2D eigenvalue weighted by atomic mass is 32.2. The predicted octanol–water partition coefficient (Wildman–Crippen LogP) is 1.30. The molecule has 1 aliphatic rings. The fourth-order valence-corrected chi connectivity index (χ4v) is 3.68. The van der Waals surface area contributed by atoms with Crippen LogP contribution in [0.15, 0.2) is 34.5 Å². The number of nitrogens with two attached hydrogens (primary N) is 1. The van der Waals surface area contributed by atoms with Gasteiger partial charge < -0.3 is 11.1 Å². The van der Waals surface area contributed by atoms with Gasteiger partial charge in [-0.1, -0.05) is 6.07 Å². The summed E-state index contributed by atoms with van der Waals surface area (Å²) < 4.78 is 25.9. The lowest BCUT2D eigenvalue weighted by Crippen LogP contribution is -2.25. The molecule has 1 aromatic carbocycles. The maximum absolute atomic E-state index is 12.3. The standard InChI is InChI=1S/C15H13N7O2S/c1-8-12(18-2)13(22-15(19-8)20-14(17)21-22)10-5-4-9(7-16)6-11(10)25(3,23)24/h4-6,13H,1,3H3,(H3,17,19,20,21). The molecule has 0 fully saturated rings. The fourth-order valence-electron chi connectivity index (χ4n) is 2.73. The molecule has 0 aliphatic carbocycles. The van der Waals surface area contributed by atoms with Crippen LogP contribution in [0.2, 0.25) is 0 Å². The van der Waals surface area contributed by atoms with Crippen LogP contribution in [-0.4, -0.2) is 29.4 Å². The van der Waals surface area contributed by atoms with Crippen LogP contribution in [0.25, 0.3) is 4.85 Å². The quantitative estimate of drug-likeness (QED) is 0.776. The van der Waals surface area contributed by atoms with Crippen LogP contribution >= 0.6 is 0 Å². The molecule has 9 nitrogen and oxygen atoms in total. The average molecular weight is 355 g/mol. The maximum Gasteiger partial charge on any atom is 0.241 e. The molecule has 10 heteroatoms. The first-order chi connectivity index (χ1) is 11.8. The number of rotatable bonds is 2. The van der Waals surface area contributed by atoms with E-state index in [2.05, 4.69) is 20.2 Å². The number of aromatic nitrogens is 3. The van der Waals surface area contributed by atoms with E-state index in [1.807, 2.05) is 6.07 Å². The molecule has 2 heterocycles. The fraction of sp³-hybridized carbons (Fsp3) is 0.200. The summed E-state index contributed by atoms with van der Waals surface area (Å²) in [6.45, 7) is 9.19. The predicted molar refractivity (Wildman–Crippen MR) is 89.8 cm³/mol. The van der Waals surface area contributed by atoms with E-state index >= 15 is 0 Å². The van der Waals surface area contributed by atoms with Gasteiger partial charge in [-0.3, -0.25) is 0 Å². The highest BCUT2D eigenvalue weighted by Crippen LogP contribution is 2.38. The smallest absolute Gasteiger partial charge is 0.241 e. The second-order valence-electron chi connectivity index (χ2n) is 5.52. The number of hydrogen-bond acceptors (Lipinski definition) is 7. The summed E-state index contributed by atoms with van der Waals surface area (Å²) in [5.74, 6) is 0.317. The third-order valence-corrected chi connectivity index (χ3v) is 4.94. The first-order valence-electron chi connectivity index (χ1n) is 7.07. The Kier molecular flexibility index (Phi) is 3.70. The average Bonchev–Trinajstić information content (AvgIpc) is 2.91. The molecule has 0 amide bonds. The summed E-state index contributed by atoms with van der Waals surface area (Å²) in [4.78, 5) is 7.55. The Balaban J connectivity index is 2.35. The van der Waals surface area contributed by atoms with Gasteiger partial charge in [-0.2, -0.15) is 10.2 Å². The van der Waals surface area contributed by atoms with E-state index < -0.39 is 15.9 Å². The van der Waals surface area contributed by atoms with Gasteiger partial charge in [0.2, 0.25) is 17.6 Å². The summed E-state index contributed by atoms with van der Waals surface area (Å²) in [5.41, 5.74) is 7.00. The molecule has 1 atom stereocenters. The third-order valence-electron chi connectivity index (χ3n) is 3.79. The molecule has 3 rings (SSSR count). The molecule has 1 aromatic heterocycles. The highest BCUT2D eigenvalue weighted by Gasteiger charge is 2.34. The molecule has 0 bridgehead atoms. The molecule has 1 unspecified atom stereocenters. The molecule has 0 saturated carbocycles. The second kappa shape index (κ2) is 5.61. The van der Waals surface area contributed by atoms with Crippen molar-refractivity contribution in [1.29, 1.82) is 5.26 Å². The summed E-state index contributed by atoms with van der Waals surface area (Å²) >= 11 is 0. The van der Waals surface area contributed by atoms with Crippen molar-refractivity contribution in [3.05, 3.63) is 52.1 Å². The Bertz CT molecular complexity index is 1100. The van der Waals surface area contributed by atoms with Crippen molar-refractivity contribution in [1.82, 2.24) is 14.8 Å². The lowest BCUT2D eigenvalue weighted by Gasteiger charge is -2.26. The Labute approximate surface area is 144 Å². The molecule has 3 N–H and O–H groups in total. The first kappa shape index (κ1) is 16.5. The molecule has 0 spiro atoms. The SMILES string of the molecule is [C-]#[N+]C1=C(C)Nc2nc(N)nn2C1c1ccc(C#N)cc1S(C)(=O)=O. The zero-order valence-electron chi connectivity index (χ0n) is 13.3. The van der Waals surface area contributed by atoms with Gasteiger partial charge in [0.1, 0.15) is 6.04 Å². The van der Waals surface area contributed by atoms with E-state index in [9.17, 15) is 8.42 Å². The summed E-state index contributed by atoms with van der Waals surface area (Å²) in [6, 6.07) is 5.43. The zero-order valence-corrected chi connectivity index (χ0v) is 14.2. The minimum Gasteiger partial charge on any atom is -0.366 e. The van der Waals surface area contributed by atoms with Gasteiger partial charge in [-0.25, -0.2) is 17.9 Å². The van der Waals surface area contributed by atoms with Gasteiger partial charge >= 0.3 is 0 Å². The molecule has 126 valence electrons. The summed E-state index contributed by atoms with van der Waals surface area (Å²) in [5, 5.41) is 16.1. The molecule has 0 saturated heterocycles. The molecular formula is C15H13N7O2S. The molecule has 1 aliphatic heterocycles. The van der Waals surface area contributed by atoms with Gasteiger partial charge in [0.25, 0.3) is 0 Å². The molecule has 25 heavy (non-hydrogen) atoms. The van der Waals surface area contributed by atoms with Crippen molar-refractivity contribution >= 4 is 21.7 Å². The van der Waals surface area contributed by atoms with E-state index in [0.29, 0.717) is 17.2 Å². The van der Waals surface area contributed by atoms with Crippen LogP contribution in [0.4, 0.5) is 11.9 Å². The largest absolute Gasteiger partial charge is 0.366 e. The van der Waals surface area contributed by atoms with Crippen molar-refractivity contribution in [2.24, 2.45) is 0 Å². The monoisotopic (exact) mass is 355 g/mol. The van der Waals surface area contributed by atoms with Crippen molar-refractivity contribution in [3.8, 4) is 6.07 Å². The van der Waals surface area contributed by atoms with E-state index in [0.717, 1.165) is 6.26 Å². The maximum atomic E-state index is 12.3. The normalized spacial score (nSPS) is 16.6. The number of benzene rings is 1. The lowest BCUT2D eigenvalue weighted by atomic mass is 10.00. The number of hydrogen-bond donors (Lipinski definition) is 2. The van der Waals surface area contributed by atoms with Crippen LogP contribution in [0.5, 0.6) is 0 Å². The number of nitriles is 1. The van der Waals surface area contributed by atoms with Crippen LogP contribution in [0.3, 0.4) is 0 Å². The van der Waals surface area contributed by atoms with Gasteiger partial charge in [0, 0.05) is 12.0 Å². The number of nitrogens with zero attached hydrogens (tertiary/aromatic N) is 5. The van der Waals surface area contributed by atoms with E-state index in [4.69, 9.17) is 17.6 Å². The minimum atomic E-state index is -3.65. The number of anilines is 2. The topological polar surface area (TPSA) is 131 Å². The Morgan fingerprint density at radius 1 is 1.48 bits per heavy atom. The van der Waals surface area contributed by atoms with E-state index in [-0.39, 0.29) is 22.1 Å². The molecule has 2 aromatic rings. The van der Waals surface area contributed by atoms with E-state index in [1.165, 1.54) is 22.9 Å². The first-order valence-corrected chi connectivity index (χ1v) is 8.96. The summed E-state index contributed by atoms with van der Waals surface area (Å²) in [7, 11) is -3.65. The number of nitrogen functional groups attached to an aromatic ring is 1. The van der Waals surface area contributed by atoms with Gasteiger partial charge in [-0.15, -0.1) is 5.10 Å². The van der Waals surface area contributed by atoms with Crippen molar-refractivity contribution in [2.75, 3.05) is 17.3 Å². The van der Waals surface area contributed by atoms with Crippen molar-refractivity contribution in [2.45, 2.75) is 17.9 Å². The summed E-state index contributed by atoms with van der Waals surface area (Å²) in [6.07, 6.45) is 1.05. The number of sulfone groups is 1. The van der Waals surface area contributed by atoms with Gasteiger partial charge in [0.05, 0.1) is 23.1 Å². The Morgan fingerprint density at radius 2 is 2.20 bits per heavy atom. The van der Waals surface area contributed by atoms with Crippen LogP contribution < -0.4 is 11.1 Å². The van der Waals surface area contributed by atoms with Crippen LogP contribution in [0, 0.1) is 17.9 Å².